The lowest BCUT2D eigenvalue weighted by Crippen LogP contribution is -2.16. The van der Waals surface area contributed by atoms with Crippen LogP contribution in [0.1, 0.15) is 17.6 Å². The molecule has 2 aromatic heterocycles. The Balaban J connectivity index is 2.09. The smallest absolute Gasteiger partial charge is 0.169 e. The maximum absolute atomic E-state index is 13.6. The lowest BCUT2D eigenvalue weighted by Gasteiger charge is -2.09. The van der Waals surface area contributed by atoms with Gasteiger partial charge in [-0.2, -0.15) is 0 Å². The van der Waals surface area contributed by atoms with E-state index in [4.69, 9.17) is 8.83 Å². The summed E-state index contributed by atoms with van der Waals surface area (Å²) >= 11 is 3.26. The van der Waals surface area contributed by atoms with Crippen molar-refractivity contribution in [2.24, 2.45) is 0 Å². The number of para-hydroxylation sites is 1. The van der Waals surface area contributed by atoms with Gasteiger partial charge >= 0.3 is 0 Å². The second-order valence-electron chi connectivity index (χ2n) is 4.17. The van der Waals surface area contributed by atoms with Gasteiger partial charge in [-0.3, -0.25) is 0 Å². The first-order valence-electron chi connectivity index (χ1n) is 5.79. The van der Waals surface area contributed by atoms with Crippen LogP contribution in [0.2, 0.25) is 0 Å². The predicted molar refractivity (Wildman–Crippen MR) is 73.5 cm³/mol. The van der Waals surface area contributed by atoms with Gasteiger partial charge in [0, 0.05) is 5.39 Å². The Kier molecular flexibility index (Phi) is 3.16. The average molecular weight is 324 g/mol. The molecule has 3 rings (SSSR count). The molecule has 3 aromatic rings. The Morgan fingerprint density at radius 3 is 2.63 bits per heavy atom. The molecule has 0 saturated carbocycles. The van der Waals surface area contributed by atoms with Crippen molar-refractivity contribution in [1.82, 2.24) is 5.32 Å². The molecule has 0 radical (unpaired) electrons. The average Bonchev–Trinajstić information content (AvgIpc) is 2.98. The van der Waals surface area contributed by atoms with Crippen LogP contribution in [0.15, 0.2) is 49.9 Å². The molecule has 5 heteroatoms. The standard InChI is InChI=1S/C14H11BrFNO2/c1-17-13(10-5-6-12(15)18-10)11-7-8-3-2-4-9(16)14(8)19-11/h2-7,13,17H,1H3. The fourth-order valence-corrected chi connectivity index (χ4v) is 2.42. The molecule has 0 aliphatic heterocycles. The zero-order chi connectivity index (χ0) is 13.4. The maximum atomic E-state index is 13.6. The summed E-state index contributed by atoms with van der Waals surface area (Å²) in [6.07, 6.45) is 0. The number of hydrogen-bond donors (Lipinski definition) is 1. The van der Waals surface area contributed by atoms with Crippen LogP contribution in [0, 0.1) is 5.82 Å². The molecule has 3 nitrogen and oxygen atoms in total. The number of furan rings is 2. The van der Waals surface area contributed by atoms with Gasteiger partial charge in [-0.15, -0.1) is 0 Å². The summed E-state index contributed by atoms with van der Waals surface area (Å²) in [5.74, 6) is 0.956. The minimum Gasteiger partial charge on any atom is -0.456 e. The van der Waals surface area contributed by atoms with Crippen molar-refractivity contribution in [3.8, 4) is 0 Å². The van der Waals surface area contributed by atoms with Gasteiger partial charge in [0.2, 0.25) is 0 Å². The molecule has 0 spiro atoms. The van der Waals surface area contributed by atoms with E-state index < -0.39 is 0 Å². The summed E-state index contributed by atoms with van der Waals surface area (Å²) in [4.78, 5) is 0. The molecule has 0 aliphatic carbocycles. The summed E-state index contributed by atoms with van der Waals surface area (Å²) < 4.78 is 25.4. The van der Waals surface area contributed by atoms with Crippen molar-refractivity contribution in [3.63, 3.8) is 0 Å². The Morgan fingerprint density at radius 2 is 2.00 bits per heavy atom. The highest BCUT2D eigenvalue weighted by Crippen LogP contribution is 2.31. The van der Waals surface area contributed by atoms with Crippen molar-refractivity contribution in [2.75, 3.05) is 7.05 Å². The number of hydrogen-bond acceptors (Lipinski definition) is 3. The summed E-state index contributed by atoms with van der Waals surface area (Å²) in [5, 5.41) is 3.83. The normalized spacial score (nSPS) is 13.0. The zero-order valence-corrected chi connectivity index (χ0v) is 11.7. The predicted octanol–water partition coefficient (Wildman–Crippen LogP) is 4.24. The Bertz CT molecular complexity index is 719. The molecule has 1 unspecified atom stereocenters. The molecule has 98 valence electrons. The van der Waals surface area contributed by atoms with Crippen molar-refractivity contribution in [1.29, 1.82) is 0 Å². The lowest BCUT2D eigenvalue weighted by molar-refractivity contribution is 0.402. The molecule has 1 atom stereocenters. The van der Waals surface area contributed by atoms with Crippen molar-refractivity contribution < 1.29 is 13.2 Å². The first-order valence-corrected chi connectivity index (χ1v) is 6.59. The molecule has 1 N–H and O–H groups in total. The topological polar surface area (TPSA) is 38.3 Å². The molecule has 0 fully saturated rings. The first-order chi connectivity index (χ1) is 9.19. The summed E-state index contributed by atoms with van der Waals surface area (Å²) in [6.45, 7) is 0. The van der Waals surface area contributed by atoms with Gasteiger partial charge in [0.25, 0.3) is 0 Å². The Labute approximate surface area is 117 Å². The number of halogens is 2. The molecular weight excluding hydrogens is 313 g/mol. The van der Waals surface area contributed by atoms with Crippen LogP contribution in [0.25, 0.3) is 11.0 Å². The van der Waals surface area contributed by atoms with E-state index in [0.29, 0.717) is 16.2 Å². The quantitative estimate of drug-likeness (QED) is 0.783. The van der Waals surface area contributed by atoms with E-state index in [2.05, 4.69) is 21.2 Å². The molecule has 1 aromatic carbocycles. The minimum absolute atomic E-state index is 0.252. The highest BCUT2D eigenvalue weighted by Gasteiger charge is 2.21. The van der Waals surface area contributed by atoms with E-state index in [1.54, 1.807) is 13.1 Å². The second-order valence-corrected chi connectivity index (χ2v) is 4.95. The maximum Gasteiger partial charge on any atom is 0.169 e. The third-order valence-electron chi connectivity index (χ3n) is 2.97. The van der Waals surface area contributed by atoms with Crippen LogP contribution in [0.4, 0.5) is 4.39 Å². The molecular formula is C14H11BrFNO2. The highest BCUT2D eigenvalue weighted by molar-refractivity contribution is 9.10. The molecule has 2 heterocycles. The van der Waals surface area contributed by atoms with Crippen LogP contribution in [0.5, 0.6) is 0 Å². The number of rotatable bonds is 3. The lowest BCUT2D eigenvalue weighted by atomic mass is 10.1. The second kappa shape index (κ2) is 4.83. The van der Waals surface area contributed by atoms with Crippen LogP contribution >= 0.6 is 15.9 Å². The highest BCUT2D eigenvalue weighted by atomic mass is 79.9. The van der Waals surface area contributed by atoms with E-state index in [1.807, 2.05) is 24.3 Å². The Hall–Kier alpha value is -1.59. The fraction of sp³-hybridized carbons (Fsp3) is 0.143. The van der Waals surface area contributed by atoms with Gasteiger partial charge < -0.3 is 14.2 Å². The van der Waals surface area contributed by atoms with Crippen LogP contribution in [0.3, 0.4) is 0 Å². The number of benzene rings is 1. The minimum atomic E-state index is -0.362. The van der Waals surface area contributed by atoms with Gasteiger partial charge in [-0.25, -0.2) is 4.39 Å². The SMILES string of the molecule is CNC(c1ccc(Br)o1)c1cc2cccc(F)c2o1. The van der Waals surface area contributed by atoms with E-state index in [0.717, 1.165) is 5.39 Å². The van der Waals surface area contributed by atoms with Gasteiger partial charge in [-0.05, 0) is 47.2 Å². The molecule has 0 amide bonds. The number of nitrogens with one attached hydrogen (secondary N) is 1. The fourth-order valence-electron chi connectivity index (χ4n) is 2.10. The molecule has 0 aliphatic rings. The van der Waals surface area contributed by atoms with Crippen LogP contribution < -0.4 is 5.32 Å². The van der Waals surface area contributed by atoms with Crippen molar-refractivity contribution in [2.45, 2.75) is 6.04 Å². The first kappa shape index (κ1) is 12.4. The number of fused-ring (bicyclic) bond motifs is 1. The van der Waals surface area contributed by atoms with Gasteiger partial charge in [-0.1, -0.05) is 12.1 Å². The van der Waals surface area contributed by atoms with Gasteiger partial charge in [0.15, 0.2) is 16.1 Å². The third-order valence-corrected chi connectivity index (χ3v) is 3.39. The van der Waals surface area contributed by atoms with E-state index in [-0.39, 0.29) is 17.4 Å². The largest absolute Gasteiger partial charge is 0.456 e. The third kappa shape index (κ3) is 2.19. The van der Waals surface area contributed by atoms with Gasteiger partial charge in [0.1, 0.15) is 17.6 Å². The Morgan fingerprint density at radius 1 is 1.16 bits per heavy atom. The van der Waals surface area contributed by atoms with E-state index in [9.17, 15) is 4.39 Å². The van der Waals surface area contributed by atoms with Crippen LogP contribution in [-0.2, 0) is 0 Å². The summed E-state index contributed by atoms with van der Waals surface area (Å²) in [6, 6.07) is 10.1. The monoisotopic (exact) mass is 323 g/mol. The van der Waals surface area contributed by atoms with Gasteiger partial charge in [0.05, 0.1) is 0 Å². The molecule has 0 bridgehead atoms. The zero-order valence-electron chi connectivity index (χ0n) is 10.1. The van der Waals surface area contributed by atoms with E-state index in [1.165, 1.54) is 6.07 Å². The summed E-state index contributed by atoms with van der Waals surface area (Å²) in [5.41, 5.74) is 0.267. The van der Waals surface area contributed by atoms with Crippen LogP contribution in [-0.4, -0.2) is 7.05 Å². The molecule has 19 heavy (non-hydrogen) atoms. The van der Waals surface area contributed by atoms with Crippen molar-refractivity contribution in [3.05, 3.63) is 58.4 Å². The van der Waals surface area contributed by atoms with Crippen molar-refractivity contribution >= 4 is 26.9 Å². The summed E-state index contributed by atoms with van der Waals surface area (Å²) in [7, 11) is 1.80. The molecule has 0 saturated heterocycles. The van der Waals surface area contributed by atoms with E-state index >= 15 is 0 Å².